The van der Waals surface area contributed by atoms with Crippen LogP contribution in [-0.4, -0.2) is 9.78 Å². The lowest BCUT2D eigenvalue weighted by atomic mass is 10.2. The van der Waals surface area contributed by atoms with Crippen molar-refractivity contribution in [2.75, 3.05) is 5.32 Å². The third-order valence-corrected chi connectivity index (χ3v) is 3.99. The molecule has 0 bridgehead atoms. The van der Waals surface area contributed by atoms with Crippen molar-refractivity contribution in [1.82, 2.24) is 9.78 Å². The molecule has 0 aliphatic rings. The maximum Gasteiger partial charge on any atom is 0.0632 e. The van der Waals surface area contributed by atoms with Gasteiger partial charge in [-0.3, -0.25) is 4.68 Å². The Kier molecular flexibility index (Phi) is 4.45. The molecule has 0 radical (unpaired) electrons. The van der Waals surface area contributed by atoms with Gasteiger partial charge >= 0.3 is 0 Å². The smallest absolute Gasteiger partial charge is 0.0632 e. The number of aryl methyl sites for hydroxylation is 2. The van der Waals surface area contributed by atoms with Crippen molar-refractivity contribution in [1.29, 1.82) is 0 Å². The Hall–Kier alpha value is -0.810. The van der Waals surface area contributed by atoms with Crippen LogP contribution in [-0.2, 0) is 13.1 Å². The summed E-state index contributed by atoms with van der Waals surface area (Å²) in [5.41, 5.74) is 3.47. The number of halogens is 2. The fourth-order valence-electron chi connectivity index (χ4n) is 1.84. The Balaban J connectivity index is 2.16. The molecule has 0 amide bonds. The van der Waals surface area contributed by atoms with E-state index in [0.717, 1.165) is 27.7 Å². The molecule has 1 N–H and O–H groups in total. The van der Waals surface area contributed by atoms with Crippen LogP contribution in [0.4, 0.5) is 5.69 Å². The molecule has 2 rings (SSSR count). The summed E-state index contributed by atoms with van der Waals surface area (Å²) in [5.74, 6) is 0. The average Bonchev–Trinajstić information content (AvgIpc) is 2.75. The summed E-state index contributed by atoms with van der Waals surface area (Å²) < 4.78 is 4.12. The molecule has 0 saturated carbocycles. The van der Waals surface area contributed by atoms with E-state index in [4.69, 9.17) is 0 Å². The number of benzene rings is 1. The second-order valence-electron chi connectivity index (χ2n) is 4.10. The zero-order valence-electron chi connectivity index (χ0n) is 10.4. The van der Waals surface area contributed by atoms with Crippen LogP contribution in [0.15, 0.2) is 33.3 Å². The maximum absolute atomic E-state index is 4.26. The van der Waals surface area contributed by atoms with E-state index in [1.165, 1.54) is 11.3 Å². The number of hydrogen-bond donors (Lipinski definition) is 1. The van der Waals surface area contributed by atoms with Crippen LogP contribution in [0.3, 0.4) is 0 Å². The van der Waals surface area contributed by atoms with Gasteiger partial charge in [0.05, 0.1) is 17.9 Å². The van der Waals surface area contributed by atoms with E-state index in [1.54, 1.807) is 0 Å². The van der Waals surface area contributed by atoms with Crippen LogP contribution in [0.2, 0.25) is 0 Å². The van der Waals surface area contributed by atoms with Gasteiger partial charge in [-0.25, -0.2) is 0 Å². The van der Waals surface area contributed by atoms with E-state index in [0.29, 0.717) is 0 Å². The van der Waals surface area contributed by atoms with Gasteiger partial charge in [0.15, 0.2) is 0 Å². The van der Waals surface area contributed by atoms with Crippen LogP contribution in [0.1, 0.15) is 18.2 Å². The highest BCUT2D eigenvalue weighted by atomic mass is 79.9. The molecule has 1 aromatic heterocycles. The number of aromatic nitrogens is 2. The molecule has 18 heavy (non-hydrogen) atoms. The fourth-order valence-corrected chi connectivity index (χ4v) is 3.54. The quantitative estimate of drug-likeness (QED) is 0.864. The molecule has 0 aliphatic carbocycles. The van der Waals surface area contributed by atoms with E-state index < -0.39 is 0 Å². The lowest BCUT2D eigenvalue weighted by Gasteiger charge is -2.12. The minimum absolute atomic E-state index is 0.758. The number of hydrogen-bond acceptors (Lipinski definition) is 2. The van der Waals surface area contributed by atoms with Crippen molar-refractivity contribution < 1.29 is 0 Å². The van der Waals surface area contributed by atoms with Crippen LogP contribution >= 0.6 is 31.9 Å². The fraction of sp³-hybridized carbons (Fsp3) is 0.308. The van der Waals surface area contributed by atoms with Gasteiger partial charge in [-0.05, 0) is 69.5 Å². The van der Waals surface area contributed by atoms with Gasteiger partial charge in [0.2, 0.25) is 0 Å². The van der Waals surface area contributed by atoms with E-state index in [1.807, 2.05) is 16.9 Å². The molecular formula is C13H15Br2N3. The molecule has 1 heterocycles. The summed E-state index contributed by atoms with van der Waals surface area (Å²) in [7, 11) is 0. The molecule has 0 atom stereocenters. The third kappa shape index (κ3) is 2.95. The van der Waals surface area contributed by atoms with Crippen LogP contribution in [0, 0.1) is 6.92 Å². The zero-order chi connectivity index (χ0) is 13.1. The second-order valence-corrected chi connectivity index (χ2v) is 5.80. The molecular weight excluding hydrogens is 358 g/mol. The molecule has 96 valence electrons. The summed E-state index contributed by atoms with van der Waals surface area (Å²) in [6.45, 7) is 5.81. The van der Waals surface area contributed by atoms with Crippen molar-refractivity contribution in [3.8, 4) is 0 Å². The SMILES string of the molecule is CCn1nccc1CNc1c(Br)cc(C)cc1Br. The number of rotatable bonds is 4. The van der Waals surface area contributed by atoms with Gasteiger partial charge in [0.1, 0.15) is 0 Å². The first-order valence-electron chi connectivity index (χ1n) is 5.82. The summed E-state index contributed by atoms with van der Waals surface area (Å²) in [6.07, 6.45) is 1.83. The van der Waals surface area contributed by atoms with Crippen molar-refractivity contribution in [2.45, 2.75) is 26.9 Å². The van der Waals surface area contributed by atoms with Crippen molar-refractivity contribution in [3.63, 3.8) is 0 Å². The van der Waals surface area contributed by atoms with E-state index >= 15 is 0 Å². The molecule has 1 aromatic carbocycles. The molecule has 0 fully saturated rings. The molecule has 0 aliphatic heterocycles. The Labute approximate surface area is 124 Å². The zero-order valence-corrected chi connectivity index (χ0v) is 13.5. The van der Waals surface area contributed by atoms with Gasteiger partial charge < -0.3 is 5.32 Å². The normalized spacial score (nSPS) is 10.7. The highest BCUT2D eigenvalue weighted by molar-refractivity contribution is 9.11. The minimum atomic E-state index is 0.758. The third-order valence-electron chi connectivity index (χ3n) is 2.74. The molecule has 3 nitrogen and oxygen atoms in total. The van der Waals surface area contributed by atoms with Crippen molar-refractivity contribution in [3.05, 3.63) is 44.6 Å². The van der Waals surface area contributed by atoms with E-state index in [-0.39, 0.29) is 0 Å². The van der Waals surface area contributed by atoms with Gasteiger partial charge in [-0.2, -0.15) is 5.10 Å². The van der Waals surface area contributed by atoms with Crippen LogP contribution < -0.4 is 5.32 Å². The minimum Gasteiger partial charge on any atom is -0.378 e. The van der Waals surface area contributed by atoms with Gasteiger partial charge in [-0.15, -0.1) is 0 Å². The summed E-state index contributed by atoms with van der Waals surface area (Å²) in [6, 6.07) is 6.24. The Morgan fingerprint density at radius 2 is 1.94 bits per heavy atom. The first-order valence-corrected chi connectivity index (χ1v) is 7.40. The Morgan fingerprint density at radius 3 is 2.56 bits per heavy atom. The summed E-state index contributed by atoms with van der Waals surface area (Å²) in [4.78, 5) is 0. The highest BCUT2D eigenvalue weighted by Gasteiger charge is 2.07. The first-order chi connectivity index (χ1) is 8.61. The first kappa shape index (κ1) is 13.6. The topological polar surface area (TPSA) is 29.9 Å². The molecule has 2 aromatic rings. The van der Waals surface area contributed by atoms with Crippen LogP contribution in [0.5, 0.6) is 0 Å². The number of anilines is 1. The predicted octanol–water partition coefficient (Wildman–Crippen LogP) is 4.35. The Bertz CT molecular complexity index is 526. The highest BCUT2D eigenvalue weighted by Crippen LogP contribution is 2.32. The van der Waals surface area contributed by atoms with Crippen molar-refractivity contribution in [2.24, 2.45) is 0 Å². The summed E-state index contributed by atoms with van der Waals surface area (Å²) >= 11 is 7.17. The van der Waals surface area contributed by atoms with E-state index in [2.05, 4.69) is 68.3 Å². The van der Waals surface area contributed by atoms with Crippen molar-refractivity contribution >= 4 is 37.5 Å². The monoisotopic (exact) mass is 371 g/mol. The maximum atomic E-state index is 4.26. The lowest BCUT2D eigenvalue weighted by molar-refractivity contribution is 0.627. The van der Waals surface area contributed by atoms with Gasteiger partial charge in [0.25, 0.3) is 0 Å². The van der Waals surface area contributed by atoms with E-state index in [9.17, 15) is 0 Å². The lowest BCUT2D eigenvalue weighted by Crippen LogP contribution is -2.08. The van der Waals surface area contributed by atoms with Gasteiger partial charge in [-0.1, -0.05) is 0 Å². The number of nitrogens with zero attached hydrogens (tertiary/aromatic N) is 2. The predicted molar refractivity (Wildman–Crippen MR) is 81.8 cm³/mol. The van der Waals surface area contributed by atoms with Gasteiger partial charge in [0, 0.05) is 21.7 Å². The summed E-state index contributed by atoms with van der Waals surface area (Å²) in [5, 5.41) is 7.69. The standard InChI is InChI=1S/C13H15Br2N3/c1-3-18-10(4-5-17-18)8-16-13-11(14)6-9(2)7-12(13)15/h4-7,16H,3,8H2,1-2H3. The largest absolute Gasteiger partial charge is 0.378 e. The Morgan fingerprint density at radius 1 is 1.28 bits per heavy atom. The average molecular weight is 373 g/mol. The number of nitrogens with one attached hydrogen (secondary N) is 1. The molecule has 0 spiro atoms. The van der Waals surface area contributed by atoms with Crippen LogP contribution in [0.25, 0.3) is 0 Å². The second kappa shape index (κ2) is 5.89. The molecule has 0 unspecified atom stereocenters. The molecule has 0 saturated heterocycles. The molecule has 5 heteroatoms.